The Hall–Kier alpha value is -1.42. The summed E-state index contributed by atoms with van der Waals surface area (Å²) in [7, 11) is 0. The summed E-state index contributed by atoms with van der Waals surface area (Å²) in [5, 5.41) is 11.7. The van der Waals surface area contributed by atoms with Crippen molar-refractivity contribution in [3.63, 3.8) is 0 Å². The van der Waals surface area contributed by atoms with Gasteiger partial charge in [-0.05, 0) is 37.8 Å². The first-order chi connectivity index (χ1) is 8.13. The topological polar surface area (TPSA) is 62.2 Å². The lowest BCUT2D eigenvalue weighted by molar-refractivity contribution is 0.0947. The van der Waals surface area contributed by atoms with E-state index in [-0.39, 0.29) is 12.5 Å². The molecule has 0 saturated heterocycles. The van der Waals surface area contributed by atoms with Crippen molar-refractivity contribution in [2.75, 3.05) is 13.2 Å². The highest BCUT2D eigenvalue weighted by atomic mass is 16.3. The van der Waals surface area contributed by atoms with Crippen LogP contribution in [0.5, 0.6) is 0 Å². The van der Waals surface area contributed by atoms with Crippen molar-refractivity contribution in [2.45, 2.75) is 26.7 Å². The van der Waals surface area contributed by atoms with Crippen molar-refractivity contribution in [3.8, 4) is 0 Å². The van der Waals surface area contributed by atoms with Gasteiger partial charge in [0.25, 0.3) is 5.91 Å². The van der Waals surface area contributed by atoms with E-state index in [9.17, 15) is 4.79 Å². The second kappa shape index (κ2) is 7.01. The molecule has 0 aliphatic rings. The van der Waals surface area contributed by atoms with Crippen LogP contribution in [0.15, 0.2) is 18.2 Å². The van der Waals surface area contributed by atoms with E-state index in [1.54, 1.807) is 6.07 Å². The van der Waals surface area contributed by atoms with Gasteiger partial charge >= 0.3 is 0 Å². The van der Waals surface area contributed by atoms with Crippen LogP contribution in [0, 0.1) is 12.8 Å². The summed E-state index contributed by atoms with van der Waals surface area (Å²) in [6, 6.07) is 5.39. The van der Waals surface area contributed by atoms with Gasteiger partial charge in [-0.25, -0.2) is 4.98 Å². The second-order valence-corrected chi connectivity index (χ2v) is 4.35. The molecule has 2 N–H and O–H groups in total. The van der Waals surface area contributed by atoms with E-state index in [0.717, 1.165) is 18.5 Å². The lowest BCUT2D eigenvalue weighted by Crippen LogP contribution is -2.25. The van der Waals surface area contributed by atoms with Crippen molar-refractivity contribution < 1.29 is 9.90 Å². The number of pyridine rings is 1. The van der Waals surface area contributed by atoms with Gasteiger partial charge in [0.15, 0.2) is 0 Å². The maximum atomic E-state index is 11.7. The summed E-state index contributed by atoms with van der Waals surface area (Å²) >= 11 is 0. The number of amides is 1. The number of nitrogens with zero attached hydrogens (tertiary/aromatic N) is 1. The number of aliphatic hydroxyl groups is 1. The molecule has 1 rings (SSSR count). The van der Waals surface area contributed by atoms with Crippen LogP contribution in [0.1, 0.15) is 35.9 Å². The number of rotatable bonds is 6. The number of aliphatic hydroxyl groups excluding tert-OH is 1. The molecule has 1 aromatic rings. The van der Waals surface area contributed by atoms with Crippen LogP contribution >= 0.6 is 0 Å². The van der Waals surface area contributed by atoms with Crippen LogP contribution in [-0.2, 0) is 0 Å². The van der Waals surface area contributed by atoms with Gasteiger partial charge < -0.3 is 10.4 Å². The van der Waals surface area contributed by atoms with Gasteiger partial charge in [0, 0.05) is 18.8 Å². The highest BCUT2D eigenvalue weighted by Crippen LogP contribution is 2.03. The third-order valence-electron chi connectivity index (χ3n) is 2.59. The molecule has 0 fully saturated rings. The van der Waals surface area contributed by atoms with Gasteiger partial charge in [-0.3, -0.25) is 4.79 Å². The van der Waals surface area contributed by atoms with E-state index in [1.165, 1.54) is 0 Å². The zero-order chi connectivity index (χ0) is 12.7. The molecule has 0 aliphatic carbocycles. The number of carbonyl (C=O) groups is 1. The second-order valence-electron chi connectivity index (χ2n) is 4.35. The molecular formula is C13H20N2O2. The molecule has 4 heteroatoms. The van der Waals surface area contributed by atoms with Crippen LogP contribution in [0.25, 0.3) is 0 Å². The zero-order valence-electron chi connectivity index (χ0n) is 10.4. The van der Waals surface area contributed by atoms with Crippen molar-refractivity contribution >= 4 is 5.91 Å². The molecule has 1 amide bonds. The van der Waals surface area contributed by atoms with Gasteiger partial charge in [-0.1, -0.05) is 13.0 Å². The monoisotopic (exact) mass is 236 g/mol. The van der Waals surface area contributed by atoms with Crippen LogP contribution in [-0.4, -0.2) is 29.1 Å². The molecule has 0 saturated carbocycles. The molecule has 0 radical (unpaired) electrons. The fourth-order valence-electron chi connectivity index (χ4n) is 1.50. The number of hydrogen-bond donors (Lipinski definition) is 2. The Morgan fingerprint density at radius 2 is 2.29 bits per heavy atom. The molecule has 0 aromatic carbocycles. The largest absolute Gasteiger partial charge is 0.396 e. The lowest BCUT2D eigenvalue weighted by Gasteiger charge is -2.08. The molecule has 1 unspecified atom stereocenters. The Morgan fingerprint density at radius 3 is 2.94 bits per heavy atom. The predicted molar refractivity (Wildman–Crippen MR) is 66.8 cm³/mol. The third kappa shape index (κ3) is 4.95. The average molecular weight is 236 g/mol. The van der Waals surface area contributed by atoms with Gasteiger partial charge in [-0.2, -0.15) is 0 Å². The minimum absolute atomic E-state index is 0.134. The zero-order valence-corrected chi connectivity index (χ0v) is 10.4. The Labute approximate surface area is 102 Å². The molecule has 1 heterocycles. The molecule has 94 valence electrons. The Balaban J connectivity index is 2.30. The number of carbonyl (C=O) groups excluding carboxylic acids is 1. The minimum Gasteiger partial charge on any atom is -0.396 e. The third-order valence-corrected chi connectivity index (χ3v) is 2.59. The fourth-order valence-corrected chi connectivity index (χ4v) is 1.50. The van der Waals surface area contributed by atoms with Crippen LogP contribution in [0.4, 0.5) is 0 Å². The summed E-state index contributed by atoms with van der Waals surface area (Å²) in [5.41, 5.74) is 1.30. The van der Waals surface area contributed by atoms with Gasteiger partial charge in [0.2, 0.25) is 0 Å². The molecule has 0 spiro atoms. The van der Waals surface area contributed by atoms with Crippen molar-refractivity contribution in [1.82, 2.24) is 10.3 Å². The molecule has 0 aliphatic heterocycles. The highest BCUT2D eigenvalue weighted by molar-refractivity contribution is 5.92. The quantitative estimate of drug-likeness (QED) is 0.736. The van der Waals surface area contributed by atoms with Crippen molar-refractivity contribution in [3.05, 3.63) is 29.6 Å². The minimum atomic E-state index is -0.134. The first-order valence-electron chi connectivity index (χ1n) is 5.96. The fraction of sp³-hybridized carbons (Fsp3) is 0.538. The normalized spacial score (nSPS) is 12.2. The van der Waals surface area contributed by atoms with E-state index in [1.807, 2.05) is 26.0 Å². The number of hydrogen-bond acceptors (Lipinski definition) is 3. The lowest BCUT2D eigenvalue weighted by atomic mass is 10.1. The number of aromatic nitrogens is 1. The van der Waals surface area contributed by atoms with Crippen molar-refractivity contribution in [1.29, 1.82) is 0 Å². The summed E-state index contributed by atoms with van der Waals surface area (Å²) in [6.45, 7) is 4.68. The van der Waals surface area contributed by atoms with E-state index in [0.29, 0.717) is 18.2 Å². The molecular weight excluding hydrogens is 216 g/mol. The maximum Gasteiger partial charge on any atom is 0.269 e. The van der Waals surface area contributed by atoms with Crippen LogP contribution in [0.3, 0.4) is 0 Å². The molecule has 17 heavy (non-hydrogen) atoms. The highest BCUT2D eigenvalue weighted by Gasteiger charge is 2.06. The average Bonchev–Trinajstić information content (AvgIpc) is 2.34. The predicted octanol–water partition coefficient (Wildman–Crippen LogP) is 1.53. The SMILES string of the molecule is Cc1cccc(C(=O)NCCCC(C)CO)n1. The van der Waals surface area contributed by atoms with E-state index < -0.39 is 0 Å². The van der Waals surface area contributed by atoms with Crippen LogP contribution < -0.4 is 5.32 Å². The first kappa shape index (κ1) is 13.6. The van der Waals surface area contributed by atoms with Crippen LogP contribution in [0.2, 0.25) is 0 Å². The Kier molecular flexibility index (Phi) is 5.63. The number of nitrogens with one attached hydrogen (secondary N) is 1. The van der Waals surface area contributed by atoms with Crippen molar-refractivity contribution in [2.24, 2.45) is 5.92 Å². The molecule has 1 atom stereocenters. The standard InChI is InChI=1S/C13H20N2O2/c1-10(9-16)5-4-8-14-13(17)12-7-3-6-11(2)15-12/h3,6-7,10,16H,4-5,8-9H2,1-2H3,(H,14,17). The summed E-state index contributed by atoms with van der Waals surface area (Å²) < 4.78 is 0. The Morgan fingerprint density at radius 1 is 1.53 bits per heavy atom. The smallest absolute Gasteiger partial charge is 0.269 e. The summed E-state index contributed by atoms with van der Waals surface area (Å²) in [4.78, 5) is 15.8. The van der Waals surface area contributed by atoms with Gasteiger partial charge in [0.1, 0.15) is 5.69 Å². The summed E-state index contributed by atoms with van der Waals surface area (Å²) in [5.74, 6) is 0.161. The van der Waals surface area contributed by atoms with Gasteiger partial charge in [-0.15, -0.1) is 0 Å². The number of aryl methyl sites for hydroxylation is 1. The Bertz CT molecular complexity index is 366. The first-order valence-corrected chi connectivity index (χ1v) is 5.96. The van der Waals surface area contributed by atoms with E-state index in [2.05, 4.69) is 10.3 Å². The van der Waals surface area contributed by atoms with E-state index >= 15 is 0 Å². The van der Waals surface area contributed by atoms with Gasteiger partial charge in [0.05, 0.1) is 0 Å². The molecule has 0 bridgehead atoms. The molecule has 4 nitrogen and oxygen atoms in total. The molecule has 1 aromatic heterocycles. The summed E-state index contributed by atoms with van der Waals surface area (Å²) in [6.07, 6.45) is 1.79. The van der Waals surface area contributed by atoms with E-state index in [4.69, 9.17) is 5.11 Å². The maximum absolute atomic E-state index is 11.7.